The minimum atomic E-state index is 0. The Hall–Kier alpha value is -1.13. The number of piperidine rings is 1. The summed E-state index contributed by atoms with van der Waals surface area (Å²) in [4.78, 5) is 8.62. The number of thiophene rings is 1. The number of guanidine groups is 1. The standard InChI is InChI=1S/C18H28N6S.HI/c1-3-19-18(21-13-15-8-9-22-23-15)20-12-14-6-4-10-24(2)17(14)16-7-5-11-25-16;/h5,7-9,11,14,17H,3-4,6,10,12-13H2,1-2H3,(H,22,23)(H2,19,20,21);1H. The maximum atomic E-state index is 4.66. The van der Waals surface area contributed by atoms with Crippen LogP contribution in [0.15, 0.2) is 34.8 Å². The van der Waals surface area contributed by atoms with Crippen LogP contribution < -0.4 is 10.6 Å². The number of hydrogen-bond acceptors (Lipinski definition) is 4. The largest absolute Gasteiger partial charge is 0.357 e. The SMILES string of the molecule is CCNC(=NCc1ccn[nH]1)NCC1CCCN(C)C1c1cccs1.I. The monoisotopic (exact) mass is 488 g/mol. The number of H-pyrrole nitrogens is 1. The number of aromatic amines is 1. The molecule has 0 radical (unpaired) electrons. The van der Waals surface area contributed by atoms with Crippen molar-refractivity contribution < 1.29 is 0 Å². The Morgan fingerprint density at radius 1 is 1.42 bits per heavy atom. The summed E-state index contributed by atoms with van der Waals surface area (Å²) < 4.78 is 0. The van der Waals surface area contributed by atoms with Gasteiger partial charge in [0.25, 0.3) is 0 Å². The van der Waals surface area contributed by atoms with Crippen molar-refractivity contribution in [2.75, 3.05) is 26.7 Å². The third kappa shape index (κ3) is 5.68. The molecule has 2 aromatic rings. The molecular weight excluding hydrogens is 459 g/mol. The van der Waals surface area contributed by atoms with E-state index in [-0.39, 0.29) is 24.0 Å². The van der Waals surface area contributed by atoms with E-state index in [0.717, 1.165) is 24.7 Å². The van der Waals surface area contributed by atoms with Crippen molar-refractivity contribution in [2.45, 2.75) is 32.4 Å². The van der Waals surface area contributed by atoms with Crippen molar-refractivity contribution in [2.24, 2.45) is 10.9 Å². The Morgan fingerprint density at radius 3 is 3.00 bits per heavy atom. The Kier molecular flexibility index (Phi) is 8.86. The molecule has 8 heteroatoms. The normalized spacial score (nSPS) is 21.2. The summed E-state index contributed by atoms with van der Waals surface area (Å²) >= 11 is 1.86. The highest BCUT2D eigenvalue weighted by Gasteiger charge is 2.31. The van der Waals surface area contributed by atoms with Crippen LogP contribution in [0.2, 0.25) is 0 Å². The van der Waals surface area contributed by atoms with Crippen LogP contribution in [0.4, 0.5) is 0 Å². The quantitative estimate of drug-likeness (QED) is 0.332. The second-order valence-corrected chi connectivity index (χ2v) is 7.48. The number of nitrogens with one attached hydrogen (secondary N) is 3. The van der Waals surface area contributed by atoms with Crippen LogP contribution in [0.1, 0.15) is 36.4 Å². The van der Waals surface area contributed by atoms with Gasteiger partial charge in [0.1, 0.15) is 0 Å². The van der Waals surface area contributed by atoms with E-state index in [2.05, 4.69) is 62.2 Å². The van der Waals surface area contributed by atoms with Crippen molar-refractivity contribution in [1.29, 1.82) is 0 Å². The lowest BCUT2D eigenvalue weighted by atomic mass is 9.88. The molecule has 2 unspecified atom stereocenters. The van der Waals surface area contributed by atoms with Crippen LogP contribution in [-0.4, -0.2) is 47.7 Å². The van der Waals surface area contributed by atoms with Gasteiger partial charge >= 0.3 is 0 Å². The fourth-order valence-electron chi connectivity index (χ4n) is 3.49. The van der Waals surface area contributed by atoms with Crippen LogP contribution in [0.3, 0.4) is 0 Å². The molecule has 3 heterocycles. The van der Waals surface area contributed by atoms with E-state index in [9.17, 15) is 0 Å². The lowest BCUT2D eigenvalue weighted by Crippen LogP contribution is -2.44. The number of aromatic nitrogens is 2. The Bertz CT molecular complexity index is 643. The summed E-state index contributed by atoms with van der Waals surface area (Å²) in [5.41, 5.74) is 1.02. The molecule has 2 atom stereocenters. The second-order valence-electron chi connectivity index (χ2n) is 6.50. The van der Waals surface area contributed by atoms with E-state index in [1.807, 2.05) is 17.4 Å². The maximum absolute atomic E-state index is 4.66. The fourth-order valence-corrected chi connectivity index (χ4v) is 4.47. The molecular formula is C18H29IN6S. The van der Waals surface area contributed by atoms with Crippen LogP contribution in [-0.2, 0) is 6.54 Å². The van der Waals surface area contributed by atoms with E-state index in [4.69, 9.17) is 0 Å². The molecule has 3 rings (SSSR count). The molecule has 0 aromatic carbocycles. The highest BCUT2D eigenvalue weighted by Crippen LogP contribution is 2.36. The predicted octanol–water partition coefficient (Wildman–Crippen LogP) is 3.23. The summed E-state index contributed by atoms with van der Waals surface area (Å²) in [6, 6.07) is 6.87. The summed E-state index contributed by atoms with van der Waals surface area (Å²) in [7, 11) is 2.24. The summed E-state index contributed by atoms with van der Waals surface area (Å²) in [5, 5.41) is 16.0. The van der Waals surface area contributed by atoms with Crippen molar-refractivity contribution >= 4 is 41.3 Å². The zero-order chi connectivity index (χ0) is 17.5. The number of hydrogen-bond donors (Lipinski definition) is 3. The topological polar surface area (TPSA) is 68.3 Å². The number of likely N-dealkylation sites (tertiary alicyclic amines) is 1. The molecule has 1 aliphatic rings. The van der Waals surface area contributed by atoms with Gasteiger partial charge in [-0.05, 0) is 56.8 Å². The zero-order valence-electron chi connectivity index (χ0n) is 15.4. The van der Waals surface area contributed by atoms with Gasteiger partial charge in [-0.2, -0.15) is 5.10 Å². The molecule has 0 aliphatic carbocycles. The molecule has 6 nitrogen and oxygen atoms in total. The van der Waals surface area contributed by atoms with E-state index in [1.165, 1.54) is 24.3 Å². The lowest BCUT2D eigenvalue weighted by Gasteiger charge is -2.39. The number of halogens is 1. The molecule has 3 N–H and O–H groups in total. The minimum absolute atomic E-state index is 0. The molecule has 1 aliphatic heterocycles. The smallest absolute Gasteiger partial charge is 0.191 e. The molecule has 0 saturated carbocycles. The Labute approximate surface area is 176 Å². The van der Waals surface area contributed by atoms with E-state index in [1.54, 1.807) is 6.20 Å². The van der Waals surface area contributed by atoms with Crippen molar-refractivity contribution in [3.8, 4) is 0 Å². The van der Waals surface area contributed by atoms with Gasteiger partial charge in [-0.15, -0.1) is 35.3 Å². The van der Waals surface area contributed by atoms with Crippen LogP contribution >= 0.6 is 35.3 Å². The van der Waals surface area contributed by atoms with Crippen LogP contribution in [0, 0.1) is 5.92 Å². The Morgan fingerprint density at radius 2 is 2.31 bits per heavy atom. The average molecular weight is 488 g/mol. The minimum Gasteiger partial charge on any atom is -0.357 e. The number of nitrogens with zero attached hydrogens (tertiary/aromatic N) is 3. The van der Waals surface area contributed by atoms with E-state index >= 15 is 0 Å². The van der Waals surface area contributed by atoms with Gasteiger partial charge in [0.15, 0.2) is 5.96 Å². The van der Waals surface area contributed by atoms with Crippen molar-refractivity contribution in [1.82, 2.24) is 25.7 Å². The Balaban J connectivity index is 0.00000243. The van der Waals surface area contributed by atoms with Crippen molar-refractivity contribution in [3.05, 3.63) is 40.3 Å². The zero-order valence-corrected chi connectivity index (χ0v) is 18.6. The van der Waals surface area contributed by atoms with E-state index < -0.39 is 0 Å². The predicted molar refractivity (Wildman–Crippen MR) is 119 cm³/mol. The highest BCUT2D eigenvalue weighted by molar-refractivity contribution is 14.0. The van der Waals surface area contributed by atoms with E-state index in [0.29, 0.717) is 18.5 Å². The molecule has 1 fully saturated rings. The third-order valence-corrected chi connectivity index (χ3v) is 5.63. The summed E-state index contributed by atoms with van der Waals surface area (Å²) in [5.74, 6) is 1.46. The molecule has 26 heavy (non-hydrogen) atoms. The van der Waals surface area contributed by atoms with Crippen LogP contribution in [0.5, 0.6) is 0 Å². The molecule has 0 amide bonds. The maximum Gasteiger partial charge on any atom is 0.191 e. The van der Waals surface area contributed by atoms with Gasteiger partial charge in [0.2, 0.25) is 0 Å². The molecule has 2 aromatic heterocycles. The first-order valence-corrected chi connectivity index (χ1v) is 9.90. The van der Waals surface area contributed by atoms with Gasteiger partial charge in [0.05, 0.1) is 12.2 Å². The van der Waals surface area contributed by atoms with Crippen molar-refractivity contribution in [3.63, 3.8) is 0 Å². The molecule has 0 bridgehead atoms. The van der Waals surface area contributed by atoms with Gasteiger partial charge in [-0.25, -0.2) is 4.99 Å². The first-order valence-electron chi connectivity index (χ1n) is 9.02. The number of rotatable bonds is 6. The average Bonchev–Trinajstić information content (AvgIpc) is 3.31. The highest BCUT2D eigenvalue weighted by atomic mass is 127. The first-order chi connectivity index (χ1) is 12.3. The molecule has 144 valence electrons. The fraction of sp³-hybridized carbons (Fsp3) is 0.556. The van der Waals surface area contributed by atoms with Gasteiger partial charge in [-0.1, -0.05) is 6.07 Å². The van der Waals surface area contributed by atoms with Gasteiger partial charge < -0.3 is 10.6 Å². The number of aliphatic imine (C=N–C) groups is 1. The van der Waals surface area contributed by atoms with Gasteiger partial charge in [-0.3, -0.25) is 10.00 Å². The summed E-state index contributed by atoms with van der Waals surface area (Å²) in [6.07, 6.45) is 4.26. The second kappa shape index (κ2) is 10.9. The van der Waals surface area contributed by atoms with Crippen LogP contribution in [0.25, 0.3) is 0 Å². The molecule has 0 spiro atoms. The summed E-state index contributed by atoms with van der Waals surface area (Å²) in [6.45, 7) is 5.66. The lowest BCUT2D eigenvalue weighted by molar-refractivity contribution is 0.125. The first kappa shape index (κ1) is 21.2. The third-order valence-electron chi connectivity index (χ3n) is 4.68. The van der Waals surface area contributed by atoms with Gasteiger partial charge in [0, 0.05) is 30.2 Å². The molecule has 1 saturated heterocycles.